The quantitative estimate of drug-likeness (QED) is 0.644. The molecule has 0 atom stereocenters. The standard InChI is InChI=1S/C18H17N3O3/c1-12-15(10-19-16-8-7-13(11-22)9-17(16)23)18(24)21(20-12)14-5-3-2-4-6-14/h2-10,20,22-23H,11H2,1H3. The Kier molecular flexibility index (Phi) is 4.31. The maximum atomic E-state index is 12.5. The van der Waals surface area contributed by atoms with Crippen LogP contribution in [0, 0.1) is 6.92 Å². The third kappa shape index (κ3) is 3.00. The molecule has 3 N–H and O–H groups in total. The molecule has 1 aromatic heterocycles. The SMILES string of the molecule is Cc1[nH]n(-c2ccccc2)c(=O)c1C=Nc1ccc(CO)cc1O. The second kappa shape index (κ2) is 6.55. The normalized spacial score (nSPS) is 11.2. The van der Waals surface area contributed by atoms with E-state index in [0.717, 1.165) is 5.69 Å². The monoisotopic (exact) mass is 323 g/mol. The first kappa shape index (κ1) is 15.8. The summed E-state index contributed by atoms with van der Waals surface area (Å²) in [5.41, 5.74) is 2.55. The number of aromatic hydroxyl groups is 1. The number of phenols is 1. The van der Waals surface area contributed by atoms with Crippen LogP contribution in [0.4, 0.5) is 5.69 Å². The summed E-state index contributed by atoms with van der Waals surface area (Å²) in [6.07, 6.45) is 1.43. The summed E-state index contributed by atoms with van der Waals surface area (Å²) >= 11 is 0. The highest BCUT2D eigenvalue weighted by Crippen LogP contribution is 2.27. The molecule has 3 rings (SSSR count). The van der Waals surface area contributed by atoms with Crippen LogP contribution >= 0.6 is 0 Å². The smallest absolute Gasteiger partial charge is 0.280 e. The van der Waals surface area contributed by atoms with Crippen LogP contribution in [0.25, 0.3) is 5.69 Å². The van der Waals surface area contributed by atoms with E-state index in [0.29, 0.717) is 22.5 Å². The van der Waals surface area contributed by atoms with Crippen molar-refractivity contribution < 1.29 is 10.2 Å². The summed E-state index contributed by atoms with van der Waals surface area (Å²) in [4.78, 5) is 16.7. The Morgan fingerprint density at radius 1 is 1.21 bits per heavy atom. The predicted molar refractivity (Wildman–Crippen MR) is 92.4 cm³/mol. The molecule has 0 saturated carbocycles. The van der Waals surface area contributed by atoms with Gasteiger partial charge >= 0.3 is 0 Å². The van der Waals surface area contributed by atoms with Crippen molar-refractivity contribution in [2.24, 2.45) is 4.99 Å². The highest BCUT2D eigenvalue weighted by atomic mass is 16.3. The van der Waals surface area contributed by atoms with E-state index >= 15 is 0 Å². The third-order valence-corrected chi connectivity index (χ3v) is 3.69. The number of aryl methyl sites for hydroxylation is 1. The van der Waals surface area contributed by atoms with Crippen LogP contribution in [0.1, 0.15) is 16.8 Å². The minimum absolute atomic E-state index is 0.0469. The summed E-state index contributed by atoms with van der Waals surface area (Å²) in [5.74, 6) is -0.0469. The lowest BCUT2D eigenvalue weighted by Crippen LogP contribution is -2.17. The highest BCUT2D eigenvalue weighted by Gasteiger charge is 2.10. The molecule has 0 unspecified atom stereocenters. The molecular weight excluding hydrogens is 306 g/mol. The molecule has 6 heteroatoms. The summed E-state index contributed by atoms with van der Waals surface area (Å²) in [7, 11) is 0. The van der Waals surface area contributed by atoms with Crippen LogP contribution in [0.5, 0.6) is 5.75 Å². The molecule has 3 aromatic rings. The predicted octanol–water partition coefficient (Wildman–Crippen LogP) is 2.42. The number of aromatic amines is 1. The zero-order valence-electron chi connectivity index (χ0n) is 13.1. The molecule has 0 bridgehead atoms. The number of para-hydroxylation sites is 1. The molecule has 0 saturated heterocycles. The minimum Gasteiger partial charge on any atom is -0.506 e. The Morgan fingerprint density at radius 2 is 1.96 bits per heavy atom. The Balaban J connectivity index is 1.97. The number of aliphatic hydroxyl groups is 1. The zero-order chi connectivity index (χ0) is 17.1. The third-order valence-electron chi connectivity index (χ3n) is 3.69. The van der Waals surface area contributed by atoms with E-state index < -0.39 is 0 Å². The number of H-pyrrole nitrogens is 1. The Labute approximate surface area is 138 Å². The molecule has 0 radical (unpaired) electrons. The molecular formula is C18H17N3O3. The number of hydrogen-bond acceptors (Lipinski definition) is 4. The molecule has 0 aliphatic rings. The van der Waals surface area contributed by atoms with Crippen molar-refractivity contribution >= 4 is 11.9 Å². The second-order valence-electron chi connectivity index (χ2n) is 5.37. The van der Waals surface area contributed by atoms with Gasteiger partial charge in [-0.05, 0) is 36.8 Å². The molecule has 0 aliphatic carbocycles. The van der Waals surface area contributed by atoms with Gasteiger partial charge in [-0.3, -0.25) is 14.9 Å². The van der Waals surface area contributed by atoms with Crippen molar-refractivity contribution in [2.45, 2.75) is 13.5 Å². The second-order valence-corrected chi connectivity index (χ2v) is 5.37. The summed E-state index contributed by atoms with van der Waals surface area (Å²) in [6.45, 7) is 1.63. The van der Waals surface area contributed by atoms with Crippen LogP contribution in [-0.2, 0) is 6.61 Å². The van der Waals surface area contributed by atoms with Gasteiger partial charge in [-0.1, -0.05) is 24.3 Å². The number of benzene rings is 2. The van der Waals surface area contributed by atoms with Crippen LogP contribution in [0.15, 0.2) is 58.3 Å². The average molecular weight is 323 g/mol. The van der Waals surface area contributed by atoms with Crippen LogP contribution in [0.3, 0.4) is 0 Å². The van der Waals surface area contributed by atoms with Crippen molar-refractivity contribution in [1.29, 1.82) is 0 Å². The number of nitrogens with zero attached hydrogens (tertiary/aromatic N) is 2. The topological polar surface area (TPSA) is 90.6 Å². The van der Waals surface area contributed by atoms with Gasteiger partial charge in [0.1, 0.15) is 11.4 Å². The van der Waals surface area contributed by atoms with Gasteiger partial charge in [0.2, 0.25) is 0 Å². The first-order valence-electron chi connectivity index (χ1n) is 7.44. The number of aliphatic hydroxyl groups excluding tert-OH is 1. The lowest BCUT2D eigenvalue weighted by atomic mass is 10.2. The van der Waals surface area contributed by atoms with Gasteiger partial charge in [0, 0.05) is 11.9 Å². The molecule has 0 aliphatic heterocycles. The molecule has 0 amide bonds. The van der Waals surface area contributed by atoms with Gasteiger partial charge in [0.25, 0.3) is 5.56 Å². The molecule has 2 aromatic carbocycles. The number of aliphatic imine (C=N–C) groups is 1. The van der Waals surface area contributed by atoms with E-state index in [1.54, 1.807) is 19.1 Å². The van der Waals surface area contributed by atoms with E-state index in [1.807, 2.05) is 30.3 Å². The number of nitrogens with one attached hydrogen (secondary N) is 1. The Morgan fingerprint density at radius 3 is 2.62 bits per heavy atom. The average Bonchev–Trinajstić information content (AvgIpc) is 2.89. The van der Waals surface area contributed by atoms with Crippen molar-refractivity contribution in [3.63, 3.8) is 0 Å². The van der Waals surface area contributed by atoms with E-state index in [2.05, 4.69) is 10.1 Å². The van der Waals surface area contributed by atoms with Crippen molar-refractivity contribution in [2.75, 3.05) is 0 Å². The summed E-state index contributed by atoms with van der Waals surface area (Å²) < 4.78 is 1.45. The van der Waals surface area contributed by atoms with Gasteiger partial charge < -0.3 is 10.2 Å². The molecule has 0 fully saturated rings. The summed E-state index contributed by atoms with van der Waals surface area (Å²) in [6, 6.07) is 14.0. The molecule has 24 heavy (non-hydrogen) atoms. The first-order chi connectivity index (χ1) is 11.6. The van der Waals surface area contributed by atoms with Gasteiger partial charge in [-0.25, -0.2) is 4.68 Å². The maximum Gasteiger partial charge on any atom is 0.280 e. The number of rotatable bonds is 4. The van der Waals surface area contributed by atoms with Crippen molar-refractivity contribution in [3.8, 4) is 11.4 Å². The fourth-order valence-electron chi connectivity index (χ4n) is 2.38. The molecule has 122 valence electrons. The minimum atomic E-state index is -0.214. The fraction of sp³-hybridized carbons (Fsp3) is 0.111. The van der Waals surface area contributed by atoms with E-state index in [-0.39, 0.29) is 17.9 Å². The van der Waals surface area contributed by atoms with Crippen LogP contribution < -0.4 is 5.56 Å². The van der Waals surface area contributed by atoms with E-state index in [1.165, 1.54) is 17.0 Å². The van der Waals surface area contributed by atoms with Gasteiger partial charge in [0.05, 0.1) is 17.9 Å². The van der Waals surface area contributed by atoms with E-state index in [9.17, 15) is 9.90 Å². The Bertz CT molecular complexity index is 940. The number of aromatic nitrogens is 2. The molecule has 1 heterocycles. The van der Waals surface area contributed by atoms with Gasteiger partial charge in [-0.15, -0.1) is 0 Å². The fourth-order valence-corrected chi connectivity index (χ4v) is 2.38. The van der Waals surface area contributed by atoms with Crippen LogP contribution in [0.2, 0.25) is 0 Å². The lowest BCUT2D eigenvalue weighted by molar-refractivity contribution is 0.281. The van der Waals surface area contributed by atoms with Gasteiger partial charge in [-0.2, -0.15) is 0 Å². The van der Waals surface area contributed by atoms with E-state index in [4.69, 9.17) is 5.11 Å². The van der Waals surface area contributed by atoms with Crippen molar-refractivity contribution in [1.82, 2.24) is 9.78 Å². The highest BCUT2D eigenvalue weighted by molar-refractivity contribution is 5.83. The number of phenolic OH excluding ortho intramolecular Hbond substituents is 1. The summed E-state index contributed by atoms with van der Waals surface area (Å²) in [5, 5.41) is 22.0. The molecule has 0 spiro atoms. The first-order valence-corrected chi connectivity index (χ1v) is 7.44. The lowest BCUT2D eigenvalue weighted by Gasteiger charge is -2.01. The maximum absolute atomic E-state index is 12.5. The molecule has 6 nitrogen and oxygen atoms in total. The van der Waals surface area contributed by atoms with Crippen molar-refractivity contribution in [3.05, 3.63) is 75.7 Å². The zero-order valence-corrected chi connectivity index (χ0v) is 13.1. The van der Waals surface area contributed by atoms with Crippen LogP contribution in [-0.4, -0.2) is 26.2 Å². The largest absolute Gasteiger partial charge is 0.506 e. The number of hydrogen-bond donors (Lipinski definition) is 3. The van der Waals surface area contributed by atoms with Gasteiger partial charge in [0.15, 0.2) is 0 Å². The Hall–Kier alpha value is -3.12.